The molecule has 0 spiro atoms. The van der Waals surface area contributed by atoms with Crippen LogP contribution in [-0.4, -0.2) is 11.1 Å². The van der Waals surface area contributed by atoms with Gasteiger partial charge >= 0.3 is 0 Å². The van der Waals surface area contributed by atoms with Crippen molar-refractivity contribution in [3.8, 4) is 0 Å². The molecule has 1 fully saturated rings. The van der Waals surface area contributed by atoms with Gasteiger partial charge in [0.1, 0.15) is 5.84 Å². The molecule has 16 heavy (non-hydrogen) atoms. The lowest BCUT2D eigenvalue weighted by molar-refractivity contribution is 0.516. The van der Waals surface area contributed by atoms with Gasteiger partial charge in [0, 0.05) is 15.7 Å². The Kier molecular flexibility index (Phi) is 3.88. The molecule has 1 aliphatic rings. The smallest absolute Gasteiger partial charge is 0.123 e. The molecule has 0 radical (unpaired) electrons. The van der Waals surface area contributed by atoms with Crippen LogP contribution in [0.2, 0.25) is 0 Å². The van der Waals surface area contributed by atoms with E-state index in [0.29, 0.717) is 5.25 Å². The second-order valence-electron chi connectivity index (χ2n) is 4.29. The number of thioether (sulfide) groups is 1. The van der Waals surface area contributed by atoms with Crippen molar-refractivity contribution in [2.75, 3.05) is 0 Å². The summed E-state index contributed by atoms with van der Waals surface area (Å²) in [6.45, 7) is 0. The van der Waals surface area contributed by atoms with Crippen molar-refractivity contribution in [2.45, 2.75) is 42.2 Å². The van der Waals surface area contributed by atoms with E-state index in [9.17, 15) is 0 Å². The molecule has 0 heterocycles. The summed E-state index contributed by atoms with van der Waals surface area (Å²) in [6.07, 6.45) is 6.68. The Morgan fingerprint density at radius 2 is 1.88 bits per heavy atom. The molecule has 0 atom stereocenters. The Morgan fingerprint density at radius 3 is 2.56 bits per heavy atom. The summed E-state index contributed by atoms with van der Waals surface area (Å²) in [7, 11) is 0. The van der Waals surface area contributed by atoms with Gasteiger partial charge in [-0.2, -0.15) is 0 Å². The van der Waals surface area contributed by atoms with Crippen LogP contribution >= 0.6 is 11.8 Å². The van der Waals surface area contributed by atoms with Crippen molar-refractivity contribution in [3.05, 3.63) is 29.8 Å². The summed E-state index contributed by atoms with van der Waals surface area (Å²) < 4.78 is 0. The summed E-state index contributed by atoms with van der Waals surface area (Å²) in [5.41, 5.74) is 6.48. The second kappa shape index (κ2) is 5.39. The van der Waals surface area contributed by atoms with Crippen LogP contribution in [0.25, 0.3) is 0 Å². The fourth-order valence-electron chi connectivity index (χ4n) is 2.15. The monoisotopic (exact) mass is 234 g/mol. The topological polar surface area (TPSA) is 49.9 Å². The molecule has 2 rings (SSSR count). The Morgan fingerprint density at radius 1 is 1.19 bits per heavy atom. The first-order chi connectivity index (χ1) is 7.77. The van der Waals surface area contributed by atoms with Gasteiger partial charge in [0.25, 0.3) is 0 Å². The zero-order valence-electron chi connectivity index (χ0n) is 9.41. The van der Waals surface area contributed by atoms with Crippen LogP contribution in [0.15, 0.2) is 29.2 Å². The van der Waals surface area contributed by atoms with Crippen LogP contribution < -0.4 is 5.73 Å². The lowest BCUT2D eigenvalue weighted by Crippen LogP contribution is -2.14. The standard InChI is InChI=1S/C13H18N2S/c14-13(15)11-8-4-5-9-12(11)16-10-6-2-1-3-7-10/h4-5,8-10H,1-3,6-7H2,(H3,14,15). The first-order valence-electron chi connectivity index (χ1n) is 5.87. The third-order valence-corrected chi connectivity index (χ3v) is 4.44. The van der Waals surface area contributed by atoms with Crippen LogP contribution in [0.4, 0.5) is 0 Å². The Bertz CT molecular complexity index is 370. The van der Waals surface area contributed by atoms with Gasteiger partial charge < -0.3 is 5.73 Å². The summed E-state index contributed by atoms with van der Waals surface area (Å²) in [5.74, 6) is 0.180. The van der Waals surface area contributed by atoms with Crippen molar-refractivity contribution >= 4 is 17.6 Å². The van der Waals surface area contributed by atoms with Gasteiger partial charge in [0.05, 0.1) is 0 Å². The third-order valence-electron chi connectivity index (χ3n) is 3.02. The first kappa shape index (κ1) is 11.5. The molecular formula is C13H18N2S. The second-order valence-corrected chi connectivity index (χ2v) is 5.63. The van der Waals surface area contributed by atoms with Crippen molar-refractivity contribution in [1.29, 1.82) is 5.41 Å². The molecule has 0 amide bonds. The van der Waals surface area contributed by atoms with Gasteiger partial charge in [-0.15, -0.1) is 11.8 Å². The van der Waals surface area contributed by atoms with E-state index in [1.807, 2.05) is 30.0 Å². The average molecular weight is 234 g/mol. The van der Waals surface area contributed by atoms with Crippen LogP contribution in [0, 0.1) is 5.41 Å². The highest BCUT2D eigenvalue weighted by Crippen LogP contribution is 2.34. The molecule has 1 aromatic rings. The van der Waals surface area contributed by atoms with Crippen LogP contribution in [0.5, 0.6) is 0 Å². The highest BCUT2D eigenvalue weighted by molar-refractivity contribution is 8.00. The number of nitrogens with one attached hydrogen (secondary N) is 1. The van der Waals surface area contributed by atoms with E-state index in [1.54, 1.807) is 0 Å². The zero-order valence-corrected chi connectivity index (χ0v) is 10.2. The van der Waals surface area contributed by atoms with Gasteiger partial charge in [0.15, 0.2) is 0 Å². The van der Waals surface area contributed by atoms with E-state index in [4.69, 9.17) is 11.1 Å². The molecule has 0 bridgehead atoms. The largest absolute Gasteiger partial charge is 0.384 e. The minimum absolute atomic E-state index is 0.180. The highest BCUT2D eigenvalue weighted by atomic mass is 32.2. The fraction of sp³-hybridized carbons (Fsp3) is 0.462. The predicted molar refractivity (Wildman–Crippen MR) is 70.2 cm³/mol. The minimum atomic E-state index is 0.180. The van der Waals surface area contributed by atoms with Crippen LogP contribution in [0.1, 0.15) is 37.7 Å². The number of hydrogen-bond acceptors (Lipinski definition) is 2. The molecule has 0 saturated heterocycles. The molecule has 0 aromatic heterocycles. The minimum Gasteiger partial charge on any atom is -0.384 e. The van der Waals surface area contributed by atoms with E-state index in [-0.39, 0.29) is 5.84 Å². The quantitative estimate of drug-likeness (QED) is 0.622. The van der Waals surface area contributed by atoms with E-state index < -0.39 is 0 Å². The first-order valence-corrected chi connectivity index (χ1v) is 6.75. The van der Waals surface area contributed by atoms with Crippen molar-refractivity contribution in [2.24, 2.45) is 5.73 Å². The summed E-state index contributed by atoms with van der Waals surface area (Å²) in [6, 6.07) is 7.99. The molecule has 1 saturated carbocycles. The fourth-order valence-corrected chi connectivity index (χ4v) is 3.54. The van der Waals surface area contributed by atoms with E-state index in [2.05, 4.69) is 6.07 Å². The highest BCUT2D eigenvalue weighted by Gasteiger charge is 2.16. The third kappa shape index (κ3) is 2.79. The number of hydrogen-bond donors (Lipinski definition) is 2. The Hall–Kier alpha value is -0.960. The number of nitrogens with two attached hydrogens (primary N) is 1. The molecule has 86 valence electrons. The Balaban J connectivity index is 2.10. The zero-order chi connectivity index (χ0) is 11.4. The molecule has 0 aliphatic heterocycles. The van der Waals surface area contributed by atoms with Gasteiger partial charge in [-0.3, -0.25) is 5.41 Å². The molecular weight excluding hydrogens is 216 g/mol. The van der Waals surface area contributed by atoms with Crippen molar-refractivity contribution in [1.82, 2.24) is 0 Å². The molecule has 3 N–H and O–H groups in total. The van der Waals surface area contributed by atoms with E-state index >= 15 is 0 Å². The van der Waals surface area contributed by atoms with Crippen molar-refractivity contribution in [3.63, 3.8) is 0 Å². The number of nitrogen functional groups attached to an aromatic ring is 1. The summed E-state index contributed by atoms with van der Waals surface area (Å²) in [4.78, 5) is 1.17. The van der Waals surface area contributed by atoms with Gasteiger partial charge in [-0.1, -0.05) is 37.5 Å². The van der Waals surface area contributed by atoms with Crippen LogP contribution in [-0.2, 0) is 0 Å². The van der Waals surface area contributed by atoms with Crippen LogP contribution in [0.3, 0.4) is 0 Å². The lowest BCUT2D eigenvalue weighted by atomic mass is 10.0. The van der Waals surface area contributed by atoms with Gasteiger partial charge in [-0.05, 0) is 18.9 Å². The normalized spacial score (nSPS) is 17.2. The molecule has 2 nitrogen and oxygen atoms in total. The number of rotatable bonds is 3. The lowest BCUT2D eigenvalue weighted by Gasteiger charge is -2.21. The summed E-state index contributed by atoms with van der Waals surface area (Å²) >= 11 is 1.90. The Labute approximate surface area is 101 Å². The number of amidine groups is 1. The average Bonchev–Trinajstić information content (AvgIpc) is 2.31. The molecule has 1 aliphatic carbocycles. The van der Waals surface area contributed by atoms with Crippen molar-refractivity contribution < 1.29 is 0 Å². The summed E-state index contributed by atoms with van der Waals surface area (Å²) in [5, 5.41) is 8.27. The number of benzene rings is 1. The SMILES string of the molecule is N=C(N)c1ccccc1SC1CCCCC1. The van der Waals surface area contributed by atoms with Gasteiger partial charge in [0.2, 0.25) is 0 Å². The molecule has 3 heteroatoms. The van der Waals surface area contributed by atoms with Gasteiger partial charge in [-0.25, -0.2) is 0 Å². The maximum Gasteiger partial charge on any atom is 0.123 e. The predicted octanol–water partition coefficient (Wildman–Crippen LogP) is 3.40. The van der Waals surface area contributed by atoms with E-state index in [0.717, 1.165) is 5.56 Å². The maximum absolute atomic E-state index is 7.56. The maximum atomic E-state index is 7.56. The molecule has 1 aromatic carbocycles. The van der Waals surface area contributed by atoms with E-state index in [1.165, 1.54) is 37.0 Å². The molecule has 0 unspecified atom stereocenters.